The maximum atomic E-state index is 13.5. The van der Waals surface area contributed by atoms with Crippen molar-refractivity contribution in [2.45, 2.75) is 44.0 Å². The monoisotopic (exact) mass is 531 g/mol. The summed E-state index contributed by atoms with van der Waals surface area (Å²) >= 11 is 0. The topological polar surface area (TPSA) is 118 Å². The highest BCUT2D eigenvalue weighted by atomic mass is 19.4. The number of anilines is 2. The van der Waals surface area contributed by atoms with Gasteiger partial charge in [-0.05, 0) is 37.8 Å². The van der Waals surface area contributed by atoms with Gasteiger partial charge < -0.3 is 19.4 Å². The summed E-state index contributed by atoms with van der Waals surface area (Å²) in [6.07, 6.45) is 0.203. The van der Waals surface area contributed by atoms with Crippen molar-refractivity contribution in [3.8, 4) is 6.07 Å². The van der Waals surface area contributed by atoms with E-state index in [-0.39, 0.29) is 36.3 Å². The number of halogens is 3. The Kier molecular flexibility index (Phi) is 7.25. The summed E-state index contributed by atoms with van der Waals surface area (Å²) in [5, 5.41) is 14.4. The molecule has 0 bridgehead atoms. The van der Waals surface area contributed by atoms with Crippen LogP contribution in [0.4, 0.5) is 24.7 Å². The molecule has 2 aromatic rings. The van der Waals surface area contributed by atoms with Gasteiger partial charge in [0.05, 0.1) is 36.2 Å². The van der Waals surface area contributed by atoms with Crippen LogP contribution >= 0.6 is 0 Å². The molecule has 202 valence electrons. The first kappa shape index (κ1) is 26.0. The molecule has 0 radical (unpaired) electrons. The minimum Gasteiger partial charge on any atom is -0.376 e. The van der Waals surface area contributed by atoms with E-state index in [4.69, 9.17) is 10.00 Å². The van der Waals surface area contributed by atoms with E-state index in [0.717, 1.165) is 12.0 Å². The van der Waals surface area contributed by atoms with Crippen molar-refractivity contribution in [1.82, 2.24) is 20.1 Å². The molecule has 2 aliphatic heterocycles. The predicted molar refractivity (Wildman–Crippen MR) is 130 cm³/mol. The number of hydrogen-bond donors (Lipinski definition) is 1. The molecule has 3 fully saturated rings. The number of nitrogens with one attached hydrogen (secondary N) is 1. The number of rotatable bonds is 6. The van der Waals surface area contributed by atoms with Crippen molar-refractivity contribution in [2.75, 3.05) is 49.1 Å². The number of carbonyl (C=O) groups excluding carboxylic acids is 1. The Morgan fingerprint density at radius 2 is 1.92 bits per heavy atom. The van der Waals surface area contributed by atoms with Gasteiger partial charge in [-0.2, -0.15) is 23.5 Å². The van der Waals surface area contributed by atoms with Crippen LogP contribution in [0, 0.1) is 17.2 Å². The molecule has 0 unspecified atom stereocenters. The number of carbonyl (C=O) groups is 1. The van der Waals surface area contributed by atoms with Crippen LogP contribution in [0.1, 0.15) is 36.8 Å². The minimum absolute atomic E-state index is 0.101. The number of alkyl halides is 3. The zero-order valence-corrected chi connectivity index (χ0v) is 20.7. The number of nitriles is 1. The fourth-order valence-electron chi connectivity index (χ4n) is 5.41. The molecule has 3 aliphatic rings. The molecule has 38 heavy (non-hydrogen) atoms. The zero-order valence-electron chi connectivity index (χ0n) is 20.7. The lowest BCUT2D eigenvalue weighted by Crippen LogP contribution is -2.53. The second kappa shape index (κ2) is 10.6. The predicted octanol–water partition coefficient (Wildman–Crippen LogP) is 2.17. The molecular weight excluding hydrogens is 503 g/mol. The third-order valence-electron chi connectivity index (χ3n) is 7.57. The Bertz CT molecular complexity index is 1250. The molecule has 2 aromatic heterocycles. The third-order valence-corrected chi connectivity index (χ3v) is 7.57. The van der Waals surface area contributed by atoms with E-state index >= 15 is 0 Å². The van der Waals surface area contributed by atoms with E-state index in [1.54, 1.807) is 11.0 Å². The number of H-pyrrole nitrogens is 1. The first-order chi connectivity index (χ1) is 18.2. The van der Waals surface area contributed by atoms with Crippen molar-refractivity contribution in [3.63, 3.8) is 0 Å². The Labute approximate surface area is 217 Å². The van der Waals surface area contributed by atoms with Crippen LogP contribution in [0.3, 0.4) is 0 Å². The number of aromatic nitrogens is 3. The van der Waals surface area contributed by atoms with Crippen LogP contribution in [0.25, 0.3) is 0 Å². The molecule has 0 aromatic carbocycles. The average Bonchev–Trinajstić information content (AvgIpc) is 3.35. The van der Waals surface area contributed by atoms with E-state index in [9.17, 15) is 22.8 Å². The van der Waals surface area contributed by atoms with Crippen LogP contribution in [0.2, 0.25) is 0 Å². The van der Waals surface area contributed by atoms with E-state index in [0.29, 0.717) is 64.0 Å². The largest absolute Gasteiger partial charge is 0.423 e. The quantitative estimate of drug-likeness (QED) is 0.603. The molecular formula is C25H28F3N7O3. The second-order valence-electron chi connectivity index (χ2n) is 9.90. The van der Waals surface area contributed by atoms with Gasteiger partial charge in [0.15, 0.2) is 0 Å². The van der Waals surface area contributed by atoms with Crippen molar-refractivity contribution in [2.24, 2.45) is 5.92 Å². The number of pyridine rings is 1. The Morgan fingerprint density at radius 1 is 1.16 bits per heavy atom. The van der Waals surface area contributed by atoms with Crippen LogP contribution < -0.4 is 15.4 Å². The number of amides is 1. The molecule has 5 rings (SSSR count). The van der Waals surface area contributed by atoms with E-state index < -0.39 is 17.3 Å². The smallest absolute Gasteiger partial charge is 0.376 e. The van der Waals surface area contributed by atoms with Gasteiger partial charge in [0.2, 0.25) is 5.91 Å². The van der Waals surface area contributed by atoms with Crippen molar-refractivity contribution in [3.05, 3.63) is 46.0 Å². The second-order valence-corrected chi connectivity index (χ2v) is 9.90. The molecule has 1 saturated carbocycles. The zero-order chi connectivity index (χ0) is 26.9. The molecule has 0 spiro atoms. The van der Waals surface area contributed by atoms with E-state index in [1.165, 1.54) is 6.20 Å². The highest BCUT2D eigenvalue weighted by Gasteiger charge is 2.42. The fraction of sp³-hybridized carbons (Fsp3) is 0.560. The van der Waals surface area contributed by atoms with E-state index in [1.807, 2.05) is 22.1 Å². The van der Waals surface area contributed by atoms with Gasteiger partial charge in [-0.3, -0.25) is 9.59 Å². The van der Waals surface area contributed by atoms with Crippen LogP contribution in [-0.4, -0.2) is 77.5 Å². The third kappa shape index (κ3) is 5.31. The number of ether oxygens (including phenoxy) is 1. The lowest BCUT2D eigenvalue weighted by Gasteiger charge is -2.41. The summed E-state index contributed by atoms with van der Waals surface area (Å²) in [6.45, 7) is 3.11. The summed E-state index contributed by atoms with van der Waals surface area (Å²) in [5.41, 5.74) is -2.20. The lowest BCUT2D eigenvalue weighted by atomic mass is 9.81. The first-order valence-corrected chi connectivity index (χ1v) is 12.7. The van der Waals surface area contributed by atoms with Gasteiger partial charge in [0.25, 0.3) is 5.56 Å². The standard InChI is InChI=1S/C25H28F3N7O3/c26-25(27,28)22-20(14-31-32-23(22)36)35-5-1-2-18(35)15-38-19-10-17(11-19)24(37)34-8-6-33(7-9-34)21-4-3-16(12-29)13-30-21/h3-4,13-14,17-19H,1-2,5-11,15H2,(H,32,36)/t17?,18-,19?/m0/s1. The van der Waals surface area contributed by atoms with Gasteiger partial charge in [-0.15, -0.1) is 0 Å². The maximum absolute atomic E-state index is 13.5. The van der Waals surface area contributed by atoms with Crippen molar-refractivity contribution in [1.29, 1.82) is 5.26 Å². The highest BCUT2D eigenvalue weighted by molar-refractivity contribution is 5.80. The highest BCUT2D eigenvalue weighted by Crippen LogP contribution is 2.37. The molecule has 1 amide bonds. The molecule has 1 aliphatic carbocycles. The van der Waals surface area contributed by atoms with Gasteiger partial charge in [0, 0.05) is 44.8 Å². The summed E-state index contributed by atoms with van der Waals surface area (Å²) in [6, 6.07) is 5.29. The molecule has 4 heterocycles. The molecule has 13 heteroatoms. The number of nitrogens with zero attached hydrogens (tertiary/aromatic N) is 6. The van der Waals surface area contributed by atoms with Crippen LogP contribution in [-0.2, 0) is 15.7 Å². The molecule has 10 nitrogen and oxygen atoms in total. The van der Waals surface area contributed by atoms with Gasteiger partial charge in [-0.25, -0.2) is 10.1 Å². The fourth-order valence-corrected chi connectivity index (χ4v) is 5.41. The number of hydrogen-bond acceptors (Lipinski definition) is 8. The van der Waals surface area contributed by atoms with E-state index in [2.05, 4.69) is 15.0 Å². The first-order valence-electron chi connectivity index (χ1n) is 12.7. The van der Waals surface area contributed by atoms with Crippen molar-refractivity contribution < 1.29 is 22.7 Å². The Morgan fingerprint density at radius 3 is 2.58 bits per heavy atom. The summed E-state index contributed by atoms with van der Waals surface area (Å²) < 4.78 is 46.5. The van der Waals surface area contributed by atoms with Gasteiger partial charge in [-0.1, -0.05) is 0 Å². The maximum Gasteiger partial charge on any atom is 0.423 e. The number of piperazine rings is 1. The molecule has 2 saturated heterocycles. The van der Waals surface area contributed by atoms with Crippen LogP contribution in [0.5, 0.6) is 0 Å². The summed E-state index contributed by atoms with van der Waals surface area (Å²) in [5.74, 6) is 0.768. The molecule has 1 N–H and O–H groups in total. The minimum atomic E-state index is -4.79. The van der Waals surface area contributed by atoms with Crippen molar-refractivity contribution >= 4 is 17.4 Å². The summed E-state index contributed by atoms with van der Waals surface area (Å²) in [7, 11) is 0. The summed E-state index contributed by atoms with van der Waals surface area (Å²) in [4.78, 5) is 34.7. The lowest BCUT2D eigenvalue weighted by molar-refractivity contribution is -0.145. The SMILES string of the molecule is N#Cc1ccc(N2CCN(C(=O)C3CC(OC[C@@H]4CCCN4c4cn[nH]c(=O)c4C(F)(F)F)C3)CC2)nc1. The van der Waals surface area contributed by atoms with Gasteiger partial charge in [0.1, 0.15) is 17.5 Å². The Hall–Kier alpha value is -3.66. The average molecular weight is 532 g/mol. The normalized spacial score (nSPS) is 23.7. The van der Waals surface area contributed by atoms with Crippen LogP contribution in [0.15, 0.2) is 29.3 Å². The molecule has 1 atom stereocenters. The number of aromatic amines is 1. The Balaban J connectivity index is 1.09. The van der Waals surface area contributed by atoms with Gasteiger partial charge >= 0.3 is 6.18 Å².